The number of rotatable bonds is 5. The summed E-state index contributed by atoms with van der Waals surface area (Å²) in [6.45, 7) is 6.38. The van der Waals surface area contributed by atoms with Crippen LogP contribution >= 0.6 is 15.9 Å². The van der Waals surface area contributed by atoms with Crippen LogP contribution < -0.4 is 5.56 Å². The lowest BCUT2D eigenvalue weighted by molar-refractivity contribution is 0.623. The number of unbranched alkanes of at least 4 members (excludes halogenated alkanes) is 1. The molecule has 0 spiro atoms. The van der Waals surface area contributed by atoms with Gasteiger partial charge >= 0.3 is 0 Å². The van der Waals surface area contributed by atoms with Gasteiger partial charge in [-0.2, -0.15) is 0 Å². The van der Waals surface area contributed by atoms with Crippen LogP contribution in [0.25, 0.3) is 0 Å². The van der Waals surface area contributed by atoms with E-state index in [1.54, 1.807) is 0 Å². The Bertz CT molecular complexity index is 398. The third-order valence-corrected chi connectivity index (χ3v) is 3.17. The molecule has 0 aliphatic heterocycles. The Labute approximate surface area is 105 Å². The van der Waals surface area contributed by atoms with Crippen molar-refractivity contribution in [2.75, 3.05) is 0 Å². The minimum Gasteiger partial charge on any atom is -0.310 e. The molecule has 0 radical (unpaired) electrons. The van der Waals surface area contributed by atoms with Crippen LogP contribution in [0.1, 0.15) is 45.1 Å². The second-order valence-corrected chi connectivity index (χ2v) is 5.27. The topological polar surface area (TPSA) is 45.8 Å². The van der Waals surface area contributed by atoms with E-state index in [0.717, 1.165) is 37.2 Å². The van der Waals surface area contributed by atoms with Crippen LogP contribution in [0.4, 0.5) is 0 Å². The van der Waals surface area contributed by atoms with Crippen LogP contribution in [0.2, 0.25) is 0 Å². The monoisotopic (exact) mass is 286 g/mol. The van der Waals surface area contributed by atoms with Gasteiger partial charge in [-0.15, -0.1) is 0 Å². The Kier molecular flexibility index (Phi) is 5.19. The van der Waals surface area contributed by atoms with Crippen LogP contribution in [0, 0.1) is 5.92 Å². The van der Waals surface area contributed by atoms with Crippen LogP contribution in [0.15, 0.2) is 9.27 Å². The highest BCUT2D eigenvalue weighted by Crippen LogP contribution is 2.14. The lowest BCUT2D eigenvalue weighted by atomic mass is 10.1. The molecule has 16 heavy (non-hydrogen) atoms. The normalized spacial score (nSPS) is 11.1. The molecule has 0 aromatic carbocycles. The van der Waals surface area contributed by atoms with Crippen molar-refractivity contribution in [2.45, 2.75) is 46.5 Å². The molecule has 0 atom stereocenters. The van der Waals surface area contributed by atoms with Crippen molar-refractivity contribution in [1.82, 2.24) is 9.97 Å². The predicted molar refractivity (Wildman–Crippen MR) is 69.7 cm³/mol. The molecule has 1 rings (SSSR count). The van der Waals surface area contributed by atoms with Crippen molar-refractivity contribution in [2.24, 2.45) is 5.92 Å². The van der Waals surface area contributed by atoms with Crippen LogP contribution in [0.3, 0.4) is 0 Å². The quantitative estimate of drug-likeness (QED) is 0.904. The van der Waals surface area contributed by atoms with Crippen LogP contribution in [-0.2, 0) is 12.8 Å². The molecule has 4 heteroatoms. The number of hydrogen-bond donors (Lipinski definition) is 1. The largest absolute Gasteiger partial charge is 0.310 e. The minimum atomic E-state index is -0.0586. The highest BCUT2D eigenvalue weighted by Gasteiger charge is 2.10. The summed E-state index contributed by atoms with van der Waals surface area (Å²) < 4.78 is 0.585. The van der Waals surface area contributed by atoms with Gasteiger partial charge in [-0.25, -0.2) is 4.98 Å². The Morgan fingerprint density at radius 1 is 1.44 bits per heavy atom. The number of nitrogens with zero attached hydrogens (tertiary/aromatic N) is 1. The average molecular weight is 287 g/mol. The molecular formula is C12H19BrN2O. The van der Waals surface area contributed by atoms with E-state index in [4.69, 9.17) is 0 Å². The summed E-state index contributed by atoms with van der Waals surface area (Å²) in [6.07, 6.45) is 3.86. The Hall–Kier alpha value is -0.640. The van der Waals surface area contributed by atoms with E-state index in [2.05, 4.69) is 46.7 Å². The Morgan fingerprint density at radius 3 is 2.69 bits per heavy atom. The fourth-order valence-electron chi connectivity index (χ4n) is 1.54. The molecule has 1 aromatic rings. The fourth-order valence-corrected chi connectivity index (χ4v) is 1.89. The van der Waals surface area contributed by atoms with E-state index in [1.807, 2.05) is 0 Å². The van der Waals surface area contributed by atoms with Crippen molar-refractivity contribution in [3.63, 3.8) is 0 Å². The molecule has 0 aliphatic rings. The maximum Gasteiger partial charge on any atom is 0.265 e. The third-order valence-electron chi connectivity index (χ3n) is 2.35. The van der Waals surface area contributed by atoms with Gasteiger partial charge in [-0.05, 0) is 34.7 Å². The fraction of sp³-hybridized carbons (Fsp3) is 0.667. The molecule has 1 heterocycles. The number of aryl methyl sites for hydroxylation is 1. The summed E-state index contributed by atoms with van der Waals surface area (Å²) in [4.78, 5) is 19.0. The van der Waals surface area contributed by atoms with E-state index in [9.17, 15) is 4.79 Å². The highest BCUT2D eigenvalue weighted by atomic mass is 79.9. The van der Waals surface area contributed by atoms with E-state index in [1.165, 1.54) is 0 Å². The Balaban J connectivity index is 2.97. The third kappa shape index (κ3) is 3.74. The van der Waals surface area contributed by atoms with Gasteiger partial charge in [0.05, 0.1) is 5.69 Å². The van der Waals surface area contributed by atoms with Gasteiger partial charge in [0.25, 0.3) is 5.56 Å². The second-order valence-electron chi connectivity index (χ2n) is 4.47. The van der Waals surface area contributed by atoms with Crippen LogP contribution in [-0.4, -0.2) is 9.97 Å². The smallest absolute Gasteiger partial charge is 0.265 e. The van der Waals surface area contributed by atoms with Gasteiger partial charge in [0, 0.05) is 6.42 Å². The van der Waals surface area contributed by atoms with Gasteiger partial charge in [0.2, 0.25) is 0 Å². The van der Waals surface area contributed by atoms with Crippen LogP contribution in [0.5, 0.6) is 0 Å². The molecule has 0 saturated carbocycles. The Morgan fingerprint density at radius 2 is 2.12 bits per heavy atom. The summed E-state index contributed by atoms with van der Waals surface area (Å²) in [6, 6.07) is 0. The number of aromatic amines is 1. The lowest BCUT2D eigenvalue weighted by Crippen LogP contribution is -2.16. The molecule has 0 aliphatic carbocycles. The van der Waals surface area contributed by atoms with Gasteiger partial charge in [-0.3, -0.25) is 4.79 Å². The molecule has 0 amide bonds. The molecule has 0 bridgehead atoms. The van der Waals surface area contributed by atoms with Crippen molar-refractivity contribution in [3.05, 3.63) is 26.3 Å². The first kappa shape index (κ1) is 13.4. The molecule has 0 fully saturated rings. The van der Waals surface area contributed by atoms with E-state index in [0.29, 0.717) is 10.4 Å². The standard InChI is InChI=1S/C12H19BrN2O/c1-4-5-6-10-14-9(7-8(2)3)11(13)12(16)15-10/h8H,4-7H2,1-3H3,(H,14,15,16). The lowest BCUT2D eigenvalue weighted by Gasteiger charge is -2.08. The van der Waals surface area contributed by atoms with Crippen molar-refractivity contribution in [1.29, 1.82) is 0 Å². The first-order chi connectivity index (χ1) is 7.54. The predicted octanol–water partition coefficient (Wildman–Crippen LogP) is 3.07. The van der Waals surface area contributed by atoms with Gasteiger partial charge in [0.15, 0.2) is 0 Å². The average Bonchev–Trinajstić information content (AvgIpc) is 2.21. The molecular weight excluding hydrogens is 268 g/mol. The summed E-state index contributed by atoms with van der Waals surface area (Å²) in [5.41, 5.74) is 0.821. The molecule has 1 aromatic heterocycles. The van der Waals surface area contributed by atoms with Gasteiger partial charge in [0.1, 0.15) is 10.3 Å². The van der Waals surface area contributed by atoms with Gasteiger partial charge in [-0.1, -0.05) is 27.2 Å². The first-order valence-electron chi connectivity index (χ1n) is 5.82. The number of hydrogen-bond acceptors (Lipinski definition) is 2. The van der Waals surface area contributed by atoms with E-state index in [-0.39, 0.29) is 5.56 Å². The molecule has 1 N–H and O–H groups in total. The number of nitrogens with one attached hydrogen (secondary N) is 1. The van der Waals surface area contributed by atoms with E-state index >= 15 is 0 Å². The highest BCUT2D eigenvalue weighted by molar-refractivity contribution is 9.10. The van der Waals surface area contributed by atoms with Crippen molar-refractivity contribution in [3.8, 4) is 0 Å². The zero-order chi connectivity index (χ0) is 12.1. The molecule has 0 saturated heterocycles. The summed E-state index contributed by atoms with van der Waals surface area (Å²) in [5.74, 6) is 1.32. The van der Waals surface area contributed by atoms with Crippen molar-refractivity contribution >= 4 is 15.9 Å². The maximum absolute atomic E-state index is 11.7. The molecule has 0 unspecified atom stereocenters. The molecule has 3 nitrogen and oxygen atoms in total. The number of halogens is 1. The minimum absolute atomic E-state index is 0.0586. The number of H-pyrrole nitrogens is 1. The summed E-state index contributed by atoms with van der Waals surface area (Å²) in [5, 5.41) is 0. The zero-order valence-corrected chi connectivity index (χ0v) is 11.7. The molecule has 90 valence electrons. The first-order valence-corrected chi connectivity index (χ1v) is 6.61. The second kappa shape index (κ2) is 6.18. The summed E-state index contributed by atoms with van der Waals surface area (Å²) in [7, 11) is 0. The van der Waals surface area contributed by atoms with E-state index < -0.39 is 0 Å². The maximum atomic E-state index is 11.7. The summed E-state index contributed by atoms with van der Waals surface area (Å²) >= 11 is 3.30. The zero-order valence-electron chi connectivity index (χ0n) is 10.1. The number of aromatic nitrogens is 2. The van der Waals surface area contributed by atoms with Crippen molar-refractivity contribution < 1.29 is 0 Å². The SMILES string of the molecule is CCCCc1nc(CC(C)C)c(Br)c(=O)[nH]1. The van der Waals surface area contributed by atoms with Gasteiger partial charge < -0.3 is 4.98 Å².